The molecule has 2 amide bonds. The largest absolute Gasteiger partial charge is 0.300 e. The number of likely N-dealkylation sites (N-methyl/N-ethyl adjacent to an activating group) is 1. The van der Waals surface area contributed by atoms with Gasteiger partial charge in [0, 0.05) is 12.6 Å². The third-order valence-electron chi connectivity index (χ3n) is 5.90. The van der Waals surface area contributed by atoms with E-state index >= 15 is 0 Å². The third-order valence-corrected chi connectivity index (χ3v) is 5.90. The number of amides is 2. The van der Waals surface area contributed by atoms with E-state index in [1.54, 1.807) is 7.05 Å². The lowest BCUT2D eigenvalue weighted by Gasteiger charge is -2.57. The van der Waals surface area contributed by atoms with Crippen LogP contribution in [0.3, 0.4) is 0 Å². The van der Waals surface area contributed by atoms with Gasteiger partial charge in [-0.25, -0.2) is 0 Å². The number of carbonyl (C=O) groups excluding carboxylic acids is 2. The van der Waals surface area contributed by atoms with Gasteiger partial charge in [0.05, 0.1) is 12.5 Å². The van der Waals surface area contributed by atoms with Crippen molar-refractivity contribution >= 4 is 11.8 Å². The summed E-state index contributed by atoms with van der Waals surface area (Å²) in [5, 5.41) is 3.62. The lowest BCUT2D eigenvalue weighted by atomic mass is 9.53. The van der Waals surface area contributed by atoms with Gasteiger partial charge in [0.1, 0.15) is 0 Å². The molecule has 19 heavy (non-hydrogen) atoms. The summed E-state index contributed by atoms with van der Waals surface area (Å²) in [7, 11) is 1.60. The molecule has 1 atom stereocenters. The number of likely N-dealkylation sites (tertiary alicyclic amines) is 1. The molecule has 4 aliphatic carbocycles. The Kier molecular flexibility index (Phi) is 2.39. The van der Waals surface area contributed by atoms with Gasteiger partial charge in [0.15, 0.2) is 0 Å². The van der Waals surface area contributed by atoms with Crippen LogP contribution in [0.1, 0.15) is 44.9 Å². The normalized spacial score (nSPS) is 48.4. The fraction of sp³-hybridized carbons (Fsp3) is 0.867. The van der Waals surface area contributed by atoms with E-state index in [1.165, 1.54) is 43.4 Å². The van der Waals surface area contributed by atoms with E-state index in [1.807, 2.05) is 0 Å². The van der Waals surface area contributed by atoms with Crippen LogP contribution in [0.4, 0.5) is 0 Å². The summed E-state index contributed by atoms with van der Waals surface area (Å²) in [6.07, 6.45) is 8.23. The topological polar surface area (TPSA) is 49.4 Å². The van der Waals surface area contributed by atoms with Crippen molar-refractivity contribution in [2.75, 3.05) is 7.05 Å². The molecular weight excluding hydrogens is 240 g/mol. The summed E-state index contributed by atoms with van der Waals surface area (Å²) >= 11 is 0. The van der Waals surface area contributed by atoms with Gasteiger partial charge in [-0.05, 0) is 56.3 Å². The third kappa shape index (κ3) is 1.76. The van der Waals surface area contributed by atoms with Crippen LogP contribution < -0.4 is 5.32 Å². The van der Waals surface area contributed by atoms with Crippen LogP contribution in [0.2, 0.25) is 0 Å². The van der Waals surface area contributed by atoms with E-state index in [0.717, 1.165) is 17.8 Å². The zero-order valence-corrected chi connectivity index (χ0v) is 11.5. The van der Waals surface area contributed by atoms with Gasteiger partial charge in [-0.1, -0.05) is 0 Å². The van der Waals surface area contributed by atoms with Crippen molar-refractivity contribution in [3.63, 3.8) is 0 Å². The zero-order valence-electron chi connectivity index (χ0n) is 11.5. The summed E-state index contributed by atoms with van der Waals surface area (Å²) in [5.74, 6) is 2.53. The summed E-state index contributed by atoms with van der Waals surface area (Å²) in [4.78, 5) is 25.0. The first kappa shape index (κ1) is 11.9. The molecule has 0 aromatic carbocycles. The number of imide groups is 1. The molecule has 104 valence electrons. The molecule has 1 saturated heterocycles. The van der Waals surface area contributed by atoms with Crippen molar-refractivity contribution in [1.82, 2.24) is 10.2 Å². The number of rotatable bonds is 2. The molecule has 0 radical (unpaired) electrons. The minimum atomic E-state index is -0.256. The van der Waals surface area contributed by atoms with Gasteiger partial charge < -0.3 is 0 Å². The average Bonchev–Trinajstić information content (AvgIpc) is 2.54. The first-order chi connectivity index (χ1) is 9.05. The maximum atomic E-state index is 12.1. The van der Waals surface area contributed by atoms with E-state index < -0.39 is 0 Å². The smallest absolute Gasteiger partial charge is 0.246 e. The predicted molar refractivity (Wildman–Crippen MR) is 70.2 cm³/mol. The van der Waals surface area contributed by atoms with Crippen LogP contribution >= 0.6 is 0 Å². The zero-order chi connectivity index (χ0) is 13.2. The highest BCUT2D eigenvalue weighted by atomic mass is 16.2. The number of nitrogens with one attached hydrogen (secondary N) is 1. The number of carbonyl (C=O) groups is 2. The van der Waals surface area contributed by atoms with Crippen molar-refractivity contribution in [2.45, 2.75) is 56.5 Å². The summed E-state index contributed by atoms with van der Waals surface area (Å²) in [6.45, 7) is 0. The van der Waals surface area contributed by atoms with Gasteiger partial charge in [0.2, 0.25) is 11.8 Å². The van der Waals surface area contributed by atoms with Crippen molar-refractivity contribution in [3.8, 4) is 0 Å². The SMILES string of the molecule is CN1C(=O)CC(NC23CC4CC(CC(C4)C2)C3)C1=O. The fourth-order valence-electron chi connectivity index (χ4n) is 5.53. The summed E-state index contributed by atoms with van der Waals surface area (Å²) in [5.41, 5.74) is 0.167. The molecule has 0 aromatic rings. The number of hydrogen-bond acceptors (Lipinski definition) is 3. The quantitative estimate of drug-likeness (QED) is 0.763. The molecule has 4 bridgehead atoms. The summed E-state index contributed by atoms with van der Waals surface area (Å²) in [6, 6.07) is -0.256. The first-order valence-electron chi connectivity index (χ1n) is 7.63. The van der Waals surface area contributed by atoms with Crippen LogP contribution in [0.15, 0.2) is 0 Å². The minimum Gasteiger partial charge on any atom is -0.300 e. The highest BCUT2D eigenvalue weighted by molar-refractivity contribution is 6.05. The Morgan fingerprint density at radius 1 is 1.05 bits per heavy atom. The van der Waals surface area contributed by atoms with Gasteiger partial charge >= 0.3 is 0 Å². The number of hydrogen-bond donors (Lipinski definition) is 1. The van der Waals surface area contributed by atoms with E-state index in [-0.39, 0.29) is 23.4 Å². The second-order valence-corrected chi connectivity index (χ2v) is 7.39. The van der Waals surface area contributed by atoms with E-state index in [2.05, 4.69) is 5.32 Å². The molecule has 5 fully saturated rings. The average molecular weight is 262 g/mol. The molecule has 5 rings (SSSR count). The Hall–Kier alpha value is -0.900. The highest BCUT2D eigenvalue weighted by Crippen LogP contribution is 2.55. The Bertz CT molecular complexity index is 410. The van der Waals surface area contributed by atoms with Gasteiger partial charge in [-0.2, -0.15) is 0 Å². The van der Waals surface area contributed by atoms with Crippen molar-refractivity contribution < 1.29 is 9.59 Å². The highest BCUT2D eigenvalue weighted by Gasteiger charge is 2.52. The van der Waals surface area contributed by atoms with Crippen molar-refractivity contribution in [1.29, 1.82) is 0 Å². The Morgan fingerprint density at radius 3 is 2.00 bits per heavy atom. The second-order valence-electron chi connectivity index (χ2n) is 7.39. The molecule has 1 aliphatic heterocycles. The van der Waals surface area contributed by atoms with Crippen LogP contribution in [0, 0.1) is 17.8 Å². The second kappa shape index (κ2) is 3.81. The van der Waals surface area contributed by atoms with Gasteiger partial charge in [-0.3, -0.25) is 19.8 Å². The lowest BCUT2D eigenvalue weighted by molar-refractivity contribution is -0.137. The molecule has 4 nitrogen and oxygen atoms in total. The molecule has 1 unspecified atom stereocenters. The molecule has 1 heterocycles. The fourth-order valence-corrected chi connectivity index (χ4v) is 5.53. The molecule has 4 saturated carbocycles. The number of nitrogens with zero attached hydrogens (tertiary/aromatic N) is 1. The molecule has 0 spiro atoms. The van der Waals surface area contributed by atoms with Gasteiger partial charge in [-0.15, -0.1) is 0 Å². The molecule has 1 N–H and O–H groups in total. The predicted octanol–water partition coefficient (Wildman–Crippen LogP) is 1.30. The first-order valence-corrected chi connectivity index (χ1v) is 7.63. The van der Waals surface area contributed by atoms with E-state index in [0.29, 0.717) is 6.42 Å². The molecular formula is C15H22N2O2. The van der Waals surface area contributed by atoms with Gasteiger partial charge in [0.25, 0.3) is 0 Å². The monoisotopic (exact) mass is 262 g/mol. The summed E-state index contributed by atoms with van der Waals surface area (Å²) < 4.78 is 0. The Balaban J connectivity index is 1.54. The maximum Gasteiger partial charge on any atom is 0.246 e. The molecule has 4 heteroatoms. The van der Waals surface area contributed by atoms with Crippen molar-refractivity contribution in [2.24, 2.45) is 17.8 Å². The lowest BCUT2D eigenvalue weighted by Crippen LogP contribution is -2.61. The van der Waals surface area contributed by atoms with E-state index in [9.17, 15) is 9.59 Å². The van der Waals surface area contributed by atoms with Crippen molar-refractivity contribution in [3.05, 3.63) is 0 Å². The minimum absolute atomic E-state index is 0.0271. The van der Waals surface area contributed by atoms with E-state index in [4.69, 9.17) is 0 Å². The Labute approximate surface area is 113 Å². The Morgan fingerprint density at radius 2 is 1.58 bits per heavy atom. The van der Waals surface area contributed by atoms with Crippen LogP contribution in [0.5, 0.6) is 0 Å². The van der Waals surface area contributed by atoms with Crippen LogP contribution in [-0.4, -0.2) is 35.3 Å². The van der Waals surface area contributed by atoms with Crippen LogP contribution in [-0.2, 0) is 9.59 Å². The standard InChI is InChI=1S/C15H22N2O2/c1-17-13(18)5-12(14(17)19)16-15-6-9-2-10(7-15)4-11(3-9)8-15/h9-12,16H,2-8H2,1H3. The van der Waals surface area contributed by atoms with Crippen LogP contribution in [0.25, 0.3) is 0 Å². The molecule has 5 aliphatic rings. The molecule has 0 aromatic heterocycles. The maximum absolute atomic E-state index is 12.1.